The molecule has 1 aromatic carbocycles. The fourth-order valence-corrected chi connectivity index (χ4v) is 2.75. The monoisotopic (exact) mass is 288 g/mol. The molecule has 2 rings (SSSR count). The smallest absolute Gasteiger partial charge is 0.227 e. The van der Waals surface area contributed by atoms with Crippen LogP contribution < -0.4 is 0 Å². The van der Waals surface area contributed by atoms with Gasteiger partial charge in [-0.1, -0.05) is 36.8 Å². The summed E-state index contributed by atoms with van der Waals surface area (Å²) in [6.45, 7) is 6.74. The molecule has 114 valence electrons. The third-order valence-electron chi connectivity index (χ3n) is 3.94. The molecule has 0 bridgehead atoms. The molecule has 0 aliphatic carbocycles. The summed E-state index contributed by atoms with van der Waals surface area (Å²) in [5, 5.41) is 0. The van der Waals surface area contributed by atoms with Gasteiger partial charge < -0.3 is 9.80 Å². The first-order chi connectivity index (χ1) is 10.1. The van der Waals surface area contributed by atoms with Crippen LogP contribution in [0, 0.1) is 6.92 Å². The summed E-state index contributed by atoms with van der Waals surface area (Å²) in [5.41, 5.74) is 2.24. The molecule has 0 atom stereocenters. The summed E-state index contributed by atoms with van der Waals surface area (Å²) in [6, 6.07) is 8.08. The van der Waals surface area contributed by atoms with E-state index >= 15 is 0 Å². The zero-order valence-corrected chi connectivity index (χ0v) is 13.0. The largest absolute Gasteiger partial charge is 0.341 e. The lowest BCUT2D eigenvalue weighted by Gasteiger charge is -2.22. The van der Waals surface area contributed by atoms with Gasteiger partial charge in [0.15, 0.2) is 0 Å². The van der Waals surface area contributed by atoms with Crippen molar-refractivity contribution in [2.45, 2.75) is 33.1 Å². The zero-order chi connectivity index (χ0) is 15.2. The van der Waals surface area contributed by atoms with Gasteiger partial charge in [-0.05, 0) is 18.9 Å². The fourth-order valence-electron chi connectivity index (χ4n) is 2.75. The Hall–Kier alpha value is -1.84. The number of carbonyl (C=O) groups is 2. The van der Waals surface area contributed by atoms with E-state index < -0.39 is 0 Å². The van der Waals surface area contributed by atoms with E-state index in [2.05, 4.69) is 6.07 Å². The molecule has 1 heterocycles. The van der Waals surface area contributed by atoms with Crippen LogP contribution in [0.3, 0.4) is 0 Å². The van der Waals surface area contributed by atoms with Gasteiger partial charge in [0.2, 0.25) is 11.8 Å². The number of hydrogen-bond acceptors (Lipinski definition) is 2. The van der Waals surface area contributed by atoms with Crippen LogP contribution in [-0.2, 0) is 16.0 Å². The average Bonchev–Trinajstić information content (AvgIpc) is 2.72. The average molecular weight is 288 g/mol. The van der Waals surface area contributed by atoms with Crippen LogP contribution in [0.15, 0.2) is 24.3 Å². The number of benzene rings is 1. The van der Waals surface area contributed by atoms with Crippen molar-refractivity contribution < 1.29 is 9.59 Å². The van der Waals surface area contributed by atoms with E-state index in [0.717, 1.165) is 25.1 Å². The highest BCUT2D eigenvalue weighted by Crippen LogP contribution is 2.10. The lowest BCUT2D eigenvalue weighted by Crippen LogP contribution is -2.37. The molecule has 1 fully saturated rings. The Kier molecular flexibility index (Phi) is 5.37. The highest BCUT2D eigenvalue weighted by Gasteiger charge is 2.21. The molecular formula is C17H24N2O2. The minimum atomic E-state index is 0.159. The van der Waals surface area contributed by atoms with Crippen LogP contribution >= 0.6 is 0 Å². The van der Waals surface area contributed by atoms with Gasteiger partial charge in [-0.2, -0.15) is 0 Å². The van der Waals surface area contributed by atoms with E-state index in [1.165, 1.54) is 5.56 Å². The fraction of sp³-hybridized carbons (Fsp3) is 0.529. The molecule has 4 nitrogen and oxygen atoms in total. The number of rotatable bonds is 3. The van der Waals surface area contributed by atoms with Gasteiger partial charge in [-0.3, -0.25) is 9.59 Å². The molecule has 1 aliphatic rings. The summed E-state index contributed by atoms with van der Waals surface area (Å²) in [5.74, 6) is 0.342. The molecule has 0 radical (unpaired) electrons. The maximum Gasteiger partial charge on any atom is 0.227 e. The molecule has 1 aromatic rings. The van der Waals surface area contributed by atoms with Crippen molar-refractivity contribution in [3.05, 3.63) is 35.4 Å². The highest BCUT2D eigenvalue weighted by atomic mass is 16.2. The lowest BCUT2D eigenvalue weighted by molar-refractivity contribution is -0.133. The first-order valence-corrected chi connectivity index (χ1v) is 7.71. The van der Waals surface area contributed by atoms with Crippen LogP contribution in [0.4, 0.5) is 0 Å². The van der Waals surface area contributed by atoms with Gasteiger partial charge in [0, 0.05) is 32.6 Å². The van der Waals surface area contributed by atoms with Gasteiger partial charge in [-0.15, -0.1) is 0 Å². The summed E-state index contributed by atoms with van der Waals surface area (Å²) >= 11 is 0. The summed E-state index contributed by atoms with van der Waals surface area (Å²) < 4.78 is 0. The Labute approximate surface area is 126 Å². The molecule has 1 aliphatic heterocycles. The van der Waals surface area contributed by atoms with Crippen LogP contribution in [0.2, 0.25) is 0 Å². The van der Waals surface area contributed by atoms with E-state index in [4.69, 9.17) is 0 Å². The Bertz CT molecular complexity index is 513. The van der Waals surface area contributed by atoms with Gasteiger partial charge in [0.1, 0.15) is 0 Å². The zero-order valence-electron chi connectivity index (χ0n) is 13.0. The summed E-state index contributed by atoms with van der Waals surface area (Å²) in [4.78, 5) is 27.9. The Morgan fingerprint density at radius 3 is 2.33 bits per heavy atom. The van der Waals surface area contributed by atoms with Crippen molar-refractivity contribution in [1.29, 1.82) is 0 Å². The molecular weight excluding hydrogens is 264 g/mol. The van der Waals surface area contributed by atoms with Crippen molar-refractivity contribution in [3.63, 3.8) is 0 Å². The lowest BCUT2D eigenvalue weighted by atomic mass is 10.1. The van der Waals surface area contributed by atoms with E-state index in [1.807, 2.05) is 41.8 Å². The maximum absolute atomic E-state index is 12.4. The molecule has 0 saturated carbocycles. The molecule has 0 unspecified atom stereocenters. The topological polar surface area (TPSA) is 40.6 Å². The number of nitrogens with zero attached hydrogens (tertiary/aromatic N) is 2. The van der Waals surface area contributed by atoms with Crippen molar-refractivity contribution in [3.8, 4) is 0 Å². The maximum atomic E-state index is 12.4. The Morgan fingerprint density at radius 2 is 1.71 bits per heavy atom. The Balaban J connectivity index is 1.92. The summed E-state index contributed by atoms with van der Waals surface area (Å²) in [7, 11) is 0. The Morgan fingerprint density at radius 1 is 1.05 bits per heavy atom. The van der Waals surface area contributed by atoms with Gasteiger partial charge >= 0.3 is 0 Å². The van der Waals surface area contributed by atoms with E-state index in [9.17, 15) is 9.59 Å². The molecule has 21 heavy (non-hydrogen) atoms. The van der Waals surface area contributed by atoms with Crippen LogP contribution in [0.1, 0.15) is 30.9 Å². The van der Waals surface area contributed by atoms with Crippen LogP contribution in [0.25, 0.3) is 0 Å². The molecule has 0 aromatic heterocycles. The molecule has 4 heteroatoms. The van der Waals surface area contributed by atoms with Crippen molar-refractivity contribution >= 4 is 11.8 Å². The van der Waals surface area contributed by atoms with Gasteiger partial charge in [0.05, 0.1) is 6.42 Å². The second-order valence-electron chi connectivity index (χ2n) is 5.63. The van der Waals surface area contributed by atoms with Gasteiger partial charge in [-0.25, -0.2) is 0 Å². The third-order valence-corrected chi connectivity index (χ3v) is 3.94. The first-order valence-electron chi connectivity index (χ1n) is 7.71. The van der Waals surface area contributed by atoms with Crippen molar-refractivity contribution in [1.82, 2.24) is 9.80 Å². The number of amides is 2. The highest BCUT2D eigenvalue weighted by molar-refractivity contribution is 5.79. The quantitative estimate of drug-likeness (QED) is 0.853. The minimum Gasteiger partial charge on any atom is -0.341 e. The van der Waals surface area contributed by atoms with E-state index in [0.29, 0.717) is 25.9 Å². The minimum absolute atomic E-state index is 0.159. The third kappa shape index (κ3) is 4.31. The van der Waals surface area contributed by atoms with E-state index in [1.54, 1.807) is 0 Å². The van der Waals surface area contributed by atoms with Crippen molar-refractivity contribution in [2.24, 2.45) is 0 Å². The van der Waals surface area contributed by atoms with Crippen LogP contribution in [-0.4, -0.2) is 47.8 Å². The molecule has 1 saturated heterocycles. The number of aryl methyl sites for hydroxylation is 1. The van der Waals surface area contributed by atoms with Gasteiger partial charge in [0.25, 0.3) is 0 Å². The molecule has 0 N–H and O–H groups in total. The second kappa shape index (κ2) is 7.25. The molecule has 0 spiro atoms. The predicted octanol–water partition coefficient (Wildman–Crippen LogP) is 2.01. The van der Waals surface area contributed by atoms with Crippen LogP contribution in [0.5, 0.6) is 0 Å². The van der Waals surface area contributed by atoms with E-state index in [-0.39, 0.29) is 11.8 Å². The number of carbonyl (C=O) groups excluding carboxylic acids is 2. The predicted molar refractivity (Wildman–Crippen MR) is 83.0 cm³/mol. The summed E-state index contributed by atoms with van der Waals surface area (Å²) in [6.07, 6.45) is 1.85. The SMILES string of the molecule is CCC(=O)N1CCCN(C(=O)Cc2cccc(C)c2)CC1. The normalized spacial score (nSPS) is 15.7. The second-order valence-corrected chi connectivity index (χ2v) is 5.63. The standard InChI is InChI=1S/C17H24N2O2/c1-3-16(20)18-8-5-9-19(11-10-18)17(21)13-15-7-4-6-14(2)12-15/h4,6-7,12H,3,5,8-11,13H2,1-2H3. The molecule has 2 amide bonds. The first kappa shape index (κ1) is 15.5. The number of hydrogen-bond donors (Lipinski definition) is 0. The van der Waals surface area contributed by atoms with Crippen molar-refractivity contribution in [2.75, 3.05) is 26.2 Å².